The highest BCUT2D eigenvalue weighted by atomic mass is 28.4. The molecule has 0 N–H and O–H groups in total. The Morgan fingerprint density at radius 3 is 1.96 bits per heavy atom. The third kappa shape index (κ3) is 8.95. The van der Waals surface area contributed by atoms with Gasteiger partial charge >= 0.3 is 0 Å². The molecule has 0 spiro atoms. The first-order valence-corrected chi connectivity index (χ1v) is 24.6. The molecule has 6 heteroatoms. The van der Waals surface area contributed by atoms with Crippen LogP contribution in [0, 0.1) is 5.92 Å². The summed E-state index contributed by atoms with van der Waals surface area (Å²) in [5, 5.41) is -0.0150. The number of ether oxygens (including phenoxy) is 3. The molecule has 1 saturated heterocycles. The average Bonchev–Trinajstić information content (AvgIpc) is 3.54. The van der Waals surface area contributed by atoms with Gasteiger partial charge in [0.15, 0.2) is 26.0 Å². The van der Waals surface area contributed by atoms with Crippen LogP contribution in [0.1, 0.15) is 126 Å². The molecule has 1 heterocycles. The predicted octanol–water partition coefficient (Wildman–Crippen LogP) is 12.8. The van der Waals surface area contributed by atoms with Crippen molar-refractivity contribution in [1.82, 2.24) is 0 Å². The Labute approximate surface area is 343 Å². The Hall–Kier alpha value is -3.81. The van der Waals surface area contributed by atoms with Crippen LogP contribution in [0.5, 0.6) is 5.75 Å². The van der Waals surface area contributed by atoms with E-state index >= 15 is 0 Å². The summed E-state index contributed by atoms with van der Waals surface area (Å²) in [5.74, 6) is 1.16. The molecule has 302 valence electrons. The van der Waals surface area contributed by atoms with Gasteiger partial charge in [-0.2, -0.15) is 0 Å². The first kappa shape index (κ1) is 41.4. The number of unbranched alkanes of at least 4 members (excludes halogenated alkanes) is 2. The van der Waals surface area contributed by atoms with Crippen molar-refractivity contribution in [3.8, 4) is 5.75 Å². The molecule has 4 aromatic carbocycles. The molecule has 4 aromatic rings. The molecule has 1 aliphatic heterocycles. The zero-order valence-corrected chi connectivity index (χ0v) is 36.2. The Kier molecular flexibility index (Phi) is 13.0. The van der Waals surface area contributed by atoms with Gasteiger partial charge in [-0.3, -0.25) is 4.79 Å². The third-order valence-electron chi connectivity index (χ3n) is 13.1. The van der Waals surface area contributed by atoms with E-state index in [0.717, 1.165) is 90.7 Å². The maximum Gasteiger partial charge on any atom is 0.193 e. The monoisotopic (exact) mass is 784 g/mol. The van der Waals surface area contributed by atoms with Crippen LogP contribution in [0.2, 0.25) is 18.1 Å². The van der Waals surface area contributed by atoms with E-state index in [-0.39, 0.29) is 35.2 Å². The number of fused-ring (bicyclic) bond motifs is 2. The first-order chi connectivity index (χ1) is 27.5. The summed E-state index contributed by atoms with van der Waals surface area (Å²) in [6.07, 6.45) is 10.0. The van der Waals surface area contributed by atoms with E-state index in [1.54, 1.807) is 0 Å². The van der Waals surface area contributed by atoms with Crippen molar-refractivity contribution in [3.05, 3.63) is 148 Å². The predicted molar refractivity (Wildman–Crippen MR) is 233 cm³/mol. The fourth-order valence-corrected chi connectivity index (χ4v) is 10.2. The molecule has 0 aromatic heterocycles. The SMILES string of the molecule is CCCCC[C@H](CCC1=C2C(CC1=O)Cc1c(OC(c3ccccc3)(c3ccccc3)c3ccccc3)cccc1[C@H]2O[Si](C)(C)C(C)(C)C)OC1CCCCO1. The Morgan fingerprint density at radius 1 is 0.772 bits per heavy atom. The highest BCUT2D eigenvalue weighted by Crippen LogP contribution is 2.54. The number of hydrogen-bond donors (Lipinski definition) is 0. The number of benzene rings is 4. The minimum atomic E-state index is -2.32. The van der Waals surface area contributed by atoms with Gasteiger partial charge < -0.3 is 18.6 Å². The molecule has 5 nitrogen and oxygen atoms in total. The van der Waals surface area contributed by atoms with Crippen LogP contribution in [0.4, 0.5) is 0 Å². The maximum atomic E-state index is 14.3. The highest BCUT2D eigenvalue weighted by Gasteiger charge is 2.48. The summed E-state index contributed by atoms with van der Waals surface area (Å²) in [5.41, 5.74) is 6.69. The van der Waals surface area contributed by atoms with E-state index < -0.39 is 13.9 Å². The molecule has 57 heavy (non-hydrogen) atoms. The van der Waals surface area contributed by atoms with Crippen molar-refractivity contribution < 1.29 is 23.4 Å². The Morgan fingerprint density at radius 2 is 1.40 bits per heavy atom. The van der Waals surface area contributed by atoms with Crippen LogP contribution in [0.25, 0.3) is 0 Å². The van der Waals surface area contributed by atoms with E-state index in [4.69, 9.17) is 18.6 Å². The summed E-state index contributed by atoms with van der Waals surface area (Å²) in [4.78, 5) is 14.3. The smallest absolute Gasteiger partial charge is 0.193 e. The molecule has 0 radical (unpaired) electrons. The number of allylic oxidation sites excluding steroid dienone is 1. The second kappa shape index (κ2) is 18.0. The molecule has 3 aliphatic rings. The molecule has 0 amide bonds. The van der Waals surface area contributed by atoms with Gasteiger partial charge in [-0.1, -0.05) is 150 Å². The van der Waals surface area contributed by atoms with E-state index in [1.165, 1.54) is 18.4 Å². The van der Waals surface area contributed by atoms with Gasteiger partial charge in [0.25, 0.3) is 0 Å². The van der Waals surface area contributed by atoms with Crippen molar-refractivity contribution >= 4 is 14.1 Å². The second-order valence-electron chi connectivity index (χ2n) is 18.0. The lowest BCUT2D eigenvalue weighted by Gasteiger charge is -2.44. The first-order valence-electron chi connectivity index (χ1n) is 21.7. The molecular weight excluding hydrogens is 721 g/mol. The van der Waals surface area contributed by atoms with Crippen molar-refractivity contribution in [3.63, 3.8) is 0 Å². The van der Waals surface area contributed by atoms with Crippen LogP contribution in [-0.4, -0.2) is 33.1 Å². The zero-order chi connectivity index (χ0) is 40.0. The number of rotatable bonds is 16. The topological polar surface area (TPSA) is 54.0 Å². The molecule has 0 saturated carbocycles. The van der Waals surface area contributed by atoms with Gasteiger partial charge in [-0.25, -0.2) is 0 Å². The van der Waals surface area contributed by atoms with E-state index in [1.807, 2.05) is 0 Å². The van der Waals surface area contributed by atoms with Gasteiger partial charge in [0.05, 0.1) is 12.2 Å². The lowest BCUT2D eigenvalue weighted by atomic mass is 9.77. The summed E-state index contributed by atoms with van der Waals surface area (Å²) in [6.45, 7) is 14.6. The van der Waals surface area contributed by atoms with Crippen LogP contribution in [-0.2, 0) is 30.7 Å². The minimum absolute atomic E-state index is 0.0150. The largest absolute Gasteiger partial charge is 0.473 e. The number of carbonyl (C=O) groups excluding carboxylic acids is 1. The van der Waals surface area contributed by atoms with Crippen molar-refractivity contribution in [2.75, 3.05) is 6.61 Å². The van der Waals surface area contributed by atoms with Gasteiger partial charge in [-0.05, 0) is 91.8 Å². The van der Waals surface area contributed by atoms with Crippen molar-refractivity contribution in [2.24, 2.45) is 5.92 Å². The molecule has 0 bridgehead atoms. The third-order valence-corrected chi connectivity index (χ3v) is 17.5. The quantitative estimate of drug-likeness (QED) is 0.0643. The van der Waals surface area contributed by atoms with Gasteiger partial charge in [0.2, 0.25) is 0 Å². The standard InChI is InChI=1S/C51H64O5Si/c1-7-8-12-28-41(54-47-31-19-20-34-53-47)32-33-43-45(52)36-37-35-44-42(49(48(37)43)56-57(5,6)50(2,3)4)29-21-30-46(44)55-51(38-22-13-9-14-23-38,39-24-15-10-16-25-39)40-26-17-11-18-27-40/h9-11,13-18,21-27,29-30,37,41,47,49H,7-8,12,19-20,28,31-36H2,1-6H3/t37?,41-,47?,49-/m1/s1. The zero-order valence-electron chi connectivity index (χ0n) is 35.2. The maximum absolute atomic E-state index is 14.3. The van der Waals surface area contributed by atoms with Crippen LogP contribution in [0.15, 0.2) is 120 Å². The molecule has 2 aliphatic carbocycles. The Bertz CT molecular complexity index is 1860. The second-order valence-corrected chi connectivity index (χ2v) is 22.8. The van der Waals surface area contributed by atoms with E-state index in [0.29, 0.717) is 12.8 Å². The van der Waals surface area contributed by atoms with Crippen LogP contribution < -0.4 is 4.74 Å². The fourth-order valence-electron chi connectivity index (χ4n) is 8.96. The molecular formula is C51H64O5Si. The van der Waals surface area contributed by atoms with Crippen molar-refractivity contribution in [1.29, 1.82) is 0 Å². The molecule has 7 rings (SSSR count). The highest BCUT2D eigenvalue weighted by molar-refractivity contribution is 6.74. The van der Waals surface area contributed by atoms with Gasteiger partial charge in [0.1, 0.15) is 5.75 Å². The number of hydrogen-bond acceptors (Lipinski definition) is 5. The normalized spacial score (nSPS) is 20.6. The number of ketones is 1. The number of carbonyl (C=O) groups is 1. The van der Waals surface area contributed by atoms with Crippen LogP contribution >= 0.6 is 0 Å². The Balaban J connectivity index is 1.31. The average molecular weight is 785 g/mol. The number of Topliss-reactive ketones (excluding diaryl/α,β-unsaturated/α-hetero) is 1. The lowest BCUT2D eigenvalue weighted by molar-refractivity contribution is -0.190. The molecule has 4 atom stereocenters. The molecule has 1 fully saturated rings. The summed E-state index contributed by atoms with van der Waals surface area (Å²) in [7, 11) is -2.32. The van der Waals surface area contributed by atoms with Gasteiger partial charge in [0, 0.05) is 35.3 Å². The molecule has 2 unspecified atom stereocenters. The summed E-state index contributed by atoms with van der Waals surface area (Å²) < 4.78 is 27.9. The van der Waals surface area contributed by atoms with Gasteiger partial charge in [-0.15, -0.1) is 0 Å². The minimum Gasteiger partial charge on any atom is -0.473 e. The van der Waals surface area contributed by atoms with E-state index in [2.05, 4.69) is 150 Å². The van der Waals surface area contributed by atoms with Crippen LogP contribution in [0.3, 0.4) is 0 Å². The van der Waals surface area contributed by atoms with Crippen molar-refractivity contribution in [2.45, 2.75) is 141 Å². The van der Waals surface area contributed by atoms with E-state index in [9.17, 15) is 4.79 Å². The summed E-state index contributed by atoms with van der Waals surface area (Å²) >= 11 is 0. The lowest BCUT2D eigenvalue weighted by Crippen LogP contribution is -2.43. The fraction of sp³-hybridized carbons (Fsp3) is 0.471. The summed E-state index contributed by atoms with van der Waals surface area (Å²) in [6, 6.07) is 38.2.